The third kappa shape index (κ3) is 7.46. The molecule has 4 aromatic rings. The van der Waals surface area contributed by atoms with E-state index in [1.165, 1.54) is 0 Å². The molecule has 194 valence electrons. The summed E-state index contributed by atoms with van der Waals surface area (Å²) in [4.78, 5) is 29.3. The molecule has 0 bridgehead atoms. The molecule has 38 heavy (non-hydrogen) atoms. The molecule has 0 radical (unpaired) electrons. The second kappa shape index (κ2) is 13.5. The fourth-order valence-corrected chi connectivity index (χ4v) is 4.49. The van der Waals surface area contributed by atoms with Crippen molar-refractivity contribution in [2.45, 2.75) is 32.0 Å². The minimum atomic E-state index is -0.723. The summed E-state index contributed by atoms with van der Waals surface area (Å²) in [6, 6.07) is 33.6. The Morgan fingerprint density at radius 1 is 0.789 bits per heavy atom. The summed E-state index contributed by atoms with van der Waals surface area (Å²) in [5.41, 5.74) is 3.62. The topological polar surface area (TPSA) is 58.6 Å². The van der Waals surface area contributed by atoms with Crippen molar-refractivity contribution in [3.05, 3.63) is 136 Å². The number of amides is 2. The van der Waals surface area contributed by atoms with Crippen LogP contribution in [0.3, 0.4) is 0 Å². The molecular weight excluding hydrogens is 496 g/mol. The van der Waals surface area contributed by atoms with Crippen LogP contribution in [0.4, 0.5) is 0 Å². The molecule has 0 aliphatic carbocycles. The summed E-state index contributed by atoms with van der Waals surface area (Å²) in [6.07, 6.45) is 0.576. The molecule has 4 aromatic carbocycles. The van der Waals surface area contributed by atoms with Gasteiger partial charge in [-0.05, 0) is 34.9 Å². The van der Waals surface area contributed by atoms with Crippen LogP contribution in [0.15, 0.2) is 109 Å². The molecule has 0 heterocycles. The van der Waals surface area contributed by atoms with Gasteiger partial charge in [-0.1, -0.05) is 103 Å². The molecule has 2 amide bonds. The van der Waals surface area contributed by atoms with Crippen LogP contribution in [0, 0.1) is 0 Å². The fraction of sp³-hybridized carbons (Fsp3) is 0.188. The van der Waals surface area contributed by atoms with Crippen LogP contribution in [0.5, 0.6) is 5.75 Å². The normalized spacial score (nSPS) is 11.4. The highest BCUT2D eigenvalue weighted by Crippen LogP contribution is 2.20. The van der Waals surface area contributed by atoms with E-state index in [4.69, 9.17) is 16.3 Å². The molecule has 1 N–H and O–H groups in total. The Bertz CT molecular complexity index is 1330. The number of hydrogen-bond acceptors (Lipinski definition) is 3. The second-order valence-corrected chi connectivity index (χ2v) is 9.48. The number of nitrogens with zero attached hydrogens (tertiary/aromatic N) is 1. The van der Waals surface area contributed by atoms with Crippen molar-refractivity contribution >= 4 is 23.4 Å². The molecule has 0 aliphatic heterocycles. The van der Waals surface area contributed by atoms with Gasteiger partial charge in [-0.2, -0.15) is 0 Å². The van der Waals surface area contributed by atoms with Crippen LogP contribution >= 0.6 is 11.6 Å². The molecule has 1 atom stereocenters. The maximum atomic E-state index is 13.8. The number of carbonyl (C=O) groups excluding carboxylic acids is 2. The monoisotopic (exact) mass is 526 g/mol. The maximum Gasteiger partial charge on any atom is 0.243 e. The lowest BCUT2D eigenvalue weighted by molar-refractivity contribution is -0.140. The highest BCUT2D eigenvalue weighted by molar-refractivity contribution is 6.30. The van der Waals surface area contributed by atoms with Crippen LogP contribution < -0.4 is 10.1 Å². The van der Waals surface area contributed by atoms with Gasteiger partial charge in [0.2, 0.25) is 11.8 Å². The lowest BCUT2D eigenvalue weighted by Crippen LogP contribution is -2.50. The van der Waals surface area contributed by atoms with E-state index in [0.29, 0.717) is 17.2 Å². The predicted octanol–water partition coefficient (Wildman–Crippen LogP) is 5.85. The van der Waals surface area contributed by atoms with Crippen LogP contribution in [-0.4, -0.2) is 29.9 Å². The number of ether oxygens (including phenoxy) is 1. The van der Waals surface area contributed by atoms with Gasteiger partial charge >= 0.3 is 0 Å². The van der Waals surface area contributed by atoms with Gasteiger partial charge in [-0.3, -0.25) is 9.59 Å². The van der Waals surface area contributed by atoms with E-state index in [0.717, 1.165) is 22.3 Å². The lowest BCUT2D eigenvalue weighted by Gasteiger charge is -2.32. The average Bonchev–Trinajstić information content (AvgIpc) is 2.95. The lowest BCUT2D eigenvalue weighted by atomic mass is 10.0. The zero-order valence-corrected chi connectivity index (χ0v) is 22.1. The fourth-order valence-electron chi connectivity index (χ4n) is 4.36. The number of hydrogen-bond donors (Lipinski definition) is 1. The molecule has 0 aliphatic rings. The van der Waals surface area contributed by atoms with Crippen molar-refractivity contribution in [2.75, 3.05) is 7.11 Å². The number of benzene rings is 4. The number of halogens is 1. The summed E-state index contributed by atoms with van der Waals surface area (Å²) in [5.74, 6) is 0.347. The second-order valence-electron chi connectivity index (χ2n) is 9.05. The van der Waals surface area contributed by atoms with Crippen molar-refractivity contribution in [2.24, 2.45) is 0 Å². The van der Waals surface area contributed by atoms with Gasteiger partial charge in [0.15, 0.2) is 0 Å². The highest BCUT2D eigenvalue weighted by atomic mass is 35.5. The van der Waals surface area contributed by atoms with E-state index in [9.17, 15) is 9.59 Å². The van der Waals surface area contributed by atoms with Gasteiger partial charge in [0, 0.05) is 30.1 Å². The first kappa shape index (κ1) is 27.0. The zero-order valence-electron chi connectivity index (χ0n) is 21.3. The summed E-state index contributed by atoms with van der Waals surface area (Å²) < 4.78 is 5.45. The first-order valence-electron chi connectivity index (χ1n) is 12.5. The minimum Gasteiger partial charge on any atom is -0.496 e. The number of methoxy groups -OCH3 is 1. The van der Waals surface area contributed by atoms with E-state index in [2.05, 4.69) is 5.32 Å². The molecule has 0 saturated heterocycles. The van der Waals surface area contributed by atoms with E-state index in [1.807, 2.05) is 97.1 Å². The molecule has 0 spiro atoms. The van der Waals surface area contributed by atoms with Crippen LogP contribution in [0.1, 0.15) is 22.3 Å². The molecule has 0 saturated carbocycles. The van der Waals surface area contributed by atoms with Gasteiger partial charge in [0.05, 0.1) is 13.5 Å². The van der Waals surface area contributed by atoms with Gasteiger partial charge in [0.1, 0.15) is 11.8 Å². The number of nitrogens with one attached hydrogen (secondary N) is 1. The quantitative estimate of drug-likeness (QED) is 0.267. The Morgan fingerprint density at radius 2 is 1.39 bits per heavy atom. The average molecular weight is 527 g/mol. The first-order chi connectivity index (χ1) is 18.5. The van der Waals surface area contributed by atoms with Gasteiger partial charge in [-0.15, -0.1) is 0 Å². The SMILES string of the molecule is COc1ccccc1CNC(=O)[C@@H](Cc1ccccc1)N(Cc1ccc(Cl)cc1)C(=O)Cc1ccccc1. The third-order valence-corrected chi connectivity index (χ3v) is 6.63. The minimum absolute atomic E-state index is 0.125. The van der Waals surface area contributed by atoms with Gasteiger partial charge < -0.3 is 15.0 Å². The van der Waals surface area contributed by atoms with Crippen molar-refractivity contribution in [3.8, 4) is 5.75 Å². The van der Waals surface area contributed by atoms with Crippen LogP contribution in [0.2, 0.25) is 5.02 Å². The van der Waals surface area contributed by atoms with E-state index >= 15 is 0 Å². The molecule has 4 rings (SSSR count). The summed E-state index contributed by atoms with van der Waals surface area (Å²) in [7, 11) is 1.61. The van der Waals surface area contributed by atoms with Gasteiger partial charge in [-0.25, -0.2) is 0 Å². The standard InChI is InChI=1S/C32H31ClN2O3/c1-38-30-15-9-8-14-27(30)22-34-32(37)29(20-24-10-4-2-5-11-24)35(23-26-16-18-28(33)19-17-26)31(36)21-25-12-6-3-7-13-25/h2-19,29H,20-23H2,1H3,(H,34,37)/t29-/m1/s1. The third-order valence-electron chi connectivity index (χ3n) is 6.38. The largest absolute Gasteiger partial charge is 0.496 e. The summed E-state index contributed by atoms with van der Waals surface area (Å²) in [6.45, 7) is 0.568. The molecule has 0 aromatic heterocycles. The number of carbonyl (C=O) groups is 2. The van der Waals surface area contributed by atoms with E-state index < -0.39 is 6.04 Å². The Hall–Kier alpha value is -4.09. The Kier molecular flexibility index (Phi) is 9.54. The Balaban J connectivity index is 1.65. The smallest absolute Gasteiger partial charge is 0.243 e. The first-order valence-corrected chi connectivity index (χ1v) is 12.9. The van der Waals surface area contributed by atoms with Crippen molar-refractivity contribution in [3.63, 3.8) is 0 Å². The number of para-hydroxylation sites is 1. The Labute approximate surface area is 229 Å². The number of rotatable bonds is 11. The van der Waals surface area contributed by atoms with Crippen molar-refractivity contribution < 1.29 is 14.3 Å². The summed E-state index contributed by atoms with van der Waals surface area (Å²) in [5, 5.41) is 3.67. The van der Waals surface area contributed by atoms with Gasteiger partial charge in [0.25, 0.3) is 0 Å². The molecule has 6 heteroatoms. The zero-order chi connectivity index (χ0) is 26.7. The Morgan fingerprint density at radius 3 is 2.05 bits per heavy atom. The van der Waals surface area contributed by atoms with E-state index in [1.54, 1.807) is 24.1 Å². The van der Waals surface area contributed by atoms with Crippen molar-refractivity contribution in [1.29, 1.82) is 0 Å². The summed E-state index contributed by atoms with van der Waals surface area (Å²) >= 11 is 6.11. The maximum absolute atomic E-state index is 13.8. The molecule has 5 nitrogen and oxygen atoms in total. The van der Waals surface area contributed by atoms with Crippen LogP contribution in [0.25, 0.3) is 0 Å². The van der Waals surface area contributed by atoms with Crippen molar-refractivity contribution in [1.82, 2.24) is 10.2 Å². The van der Waals surface area contributed by atoms with Crippen LogP contribution in [-0.2, 0) is 35.5 Å². The molecular formula is C32H31ClN2O3. The van der Waals surface area contributed by atoms with E-state index in [-0.39, 0.29) is 31.3 Å². The predicted molar refractivity (Wildman–Crippen MR) is 151 cm³/mol. The highest BCUT2D eigenvalue weighted by Gasteiger charge is 2.30. The molecule has 0 fully saturated rings. The molecule has 0 unspecified atom stereocenters.